The molecular weight excluding hydrogens is 875 g/mol. The molecule has 0 saturated heterocycles. The number of esters is 1. The van der Waals surface area contributed by atoms with E-state index in [4.69, 9.17) is 74.3 Å². The van der Waals surface area contributed by atoms with Gasteiger partial charge in [-0.15, -0.1) is 0 Å². The fourth-order valence-electron chi connectivity index (χ4n) is 8.17. The lowest BCUT2D eigenvalue weighted by Gasteiger charge is -2.32. The third-order valence-corrected chi connectivity index (χ3v) is 13.5. The Bertz CT molecular complexity index is 2420. The minimum atomic E-state index is -0.212. The Morgan fingerprint density at radius 2 is 1.13 bits per heavy atom. The molecule has 310 valence electrons. The van der Waals surface area contributed by atoms with Gasteiger partial charge in [0, 0.05) is 42.2 Å². The number of hydrogen-bond donors (Lipinski definition) is 1. The van der Waals surface area contributed by atoms with E-state index in [0.717, 1.165) is 47.1 Å². The summed E-state index contributed by atoms with van der Waals surface area (Å²) < 4.78 is 4.73. The highest BCUT2D eigenvalue weighted by Gasteiger charge is 2.28. The molecule has 0 amide bonds. The molecule has 0 bridgehead atoms. The van der Waals surface area contributed by atoms with E-state index in [1.54, 1.807) is 6.07 Å². The number of ketones is 1. The van der Waals surface area contributed by atoms with E-state index in [-0.39, 0.29) is 23.6 Å². The van der Waals surface area contributed by atoms with Crippen molar-refractivity contribution in [3.05, 3.63) is 208 Å². The second-order valence-electron chi connectivity index (χ2n) is 14.8. The first-order valence-corrected chi connectivity index (χ1v) is 22.1. The number of ether oxygens (including phenoxy) is 1. The lowest BCUT2D eigenvalue weighted by atomic mass is 9.77. The Balaban J connectivity index is 0.000000151. The first-order chi connectivity index (χ1) is 29.0. The van der Waals surface area contributed by atoms with Crippen LogP contribution in [-0.2, 0) is 9.53 Å². The molecule has 0 aromatic heterocycles. The summed E-state index contributed by atoms with van der Waals surface area (Å²) >= 11 is 36.3. The van der Waals surface area contributed by atoms with E-state index in [2.05, 4.69) is 35.6 Å². The third-order valence-electron chi connectivity index (χ3n) is 11.2. The normalized spacial score (nSPS) is 17.1. The molecule has 6 aromatic carbocycles. The van der Waals surface area contributed by atoms with Gasteiger partial charge in [-0.25, -0.2) is 0 Å². The highest BCUT2D eigenvalue weighted by atomic mass is 35.5. The van der Waals surface area contributed by atoms with Crippen molar-refractivity contribution in [2.75, 3.05) is 14.2 Å². The zero-order valence-electron chi connectivity index (χ0n) is 33.2. The zero-order chi connectivity index (χ0) is 42.8. The molecule has 0 aliphatic heterocycles. The number of carbonyl (C=O) groups is 2. The van der Waals surface area contributed by atoms with E-state index in [0.29, 0.717) is 61.4 Å². The molecule has 1 N–H and O–H groups in total. The average molecular weight is 921 g/mol. The lowest BCUT2D eigenvalue weighted by Crippen LogP contribution is -2.24. The molecule has 10 heteroatoms. The number of methoxy groups -OCH3 is 1. The maximum Gasteiger partial charge on any atom is 0.305 e. The van der Waals surface area contributed by atoms with Gasteiger partial charge in [-0.2, -0.15) is 0 Å². The summed E-state index contributed by atoms with van der Waals surface area (Å²) in [5.74, 6) is 0.734. The molecule has 0 spiro atoms. The van der Waals surface area contributed by atoms with Crippen molar-refractivity contribution in [1.29, 1.82) is 0 Å². The van der Waals surface area contributed by atoms with E-state index in [1.807, 2.05) is 104 Å². The van der Waals surface area contributed by atoms with Gasteiger partial charge in [0.1, 0.15) is 0 Å². The summed E-state index contributed by atoms with van der Waals surface area (Å²) in [6.07, 6.45) is 4.69. The van der Waals surface area contributed by atoms with Gasteiger partial charge < -0.3 is 10.1 Å². The van der Waals surface area contributed by atoms with Crippen LogP contribution in [0.1, 0.15) is 112 Å². The van der Waals surface area contributed by atoms with Gasteiger partial charge in [0.15, 0.2) is 5.78 Å². The fourth-order valence-corrected chi connectivity index (χ4v) is 9.08. The maximum atomic E-state index is 11.9. The molecule has 60 heavy (non-hydrogen) atoms. The zero-order valence-corrected chi connectivity index (χ0v) is 37.8. The third kappa shape index (κ3) is 11.3. The molecule has 0 unspecified atom stereocenters. The Kier molecular flexibility index (Phi) is 16.6. The Morgan fingerprint density at radius 3 is 1.72 bits per heavy atom. The highest BCUT2D eigenvalue weighted by molar-refractivity contribution is 6.43. The van der Waals surface area contributed by atoms with Crippen molar-refractivity contribution in [2.24, 2.45) is 0 Å². The number of fused-ring (bicyclic) bond motifs is 2. The van der Waals surface area contributed by atoms with Crippen LogP contribution in [0, 0.1) is 0 Å². The molecular formula is C50H45Cl6NO3. The topological polar surface area (TPSA) is 55.4 Å². The van der Waals surface area contributed by atoms with Gasteiger partial charge in [0.2, 0.25) is 0 Å². The van der Waals surface area contributed by atoms with Gasteiger partial charge in [-0.3, -0.25) is 9.59 Å². The molecule has 0 heterocycles. The average Bonchev–Trinajstić information content (AvgIpc) is 3.27. The SMILES string of the molecule is CN[C@H]1CC[C@@H](c2ccc(Cl)c(Cl)c2)c2ccccc21.COC(=O)CC[C@H](c1ccccc1)c1ccc(Cl)c(Cl)c1.O=C1CC[C@@H](c2ccc(Cl)c(Cl)c2)c2ccccc21. The molecule has 6 aromatic rings. The number of nitrogens with one attached hydrogen (secondary N) is 1. The Labute approximate surface area is 383 Å². The molecule has 2 aliphatic carbocycles. The summed E-state index contributed by atoms with van der Waals surface area (Å²) in [6.45, 7) is 0. The summed E-state index contributed by atoms with van der Waals surface area (Å²) in [5, 5.41) is 6.83. The molecule has 0 fully saturated rings. The van der Waals surface area contributed by atoms with Crippen molar-refractivity contribution >= 4 is 81.4 Å². The van der Waals surface area contributed by atoms with Gasteiger partial charge >= 0.3 is 5.97 Å². The van der Waals surface area contributed by atoms with Crippen LogP contribution in [0.25, 0.3) is 0 Å². The Morgan fingerprint density at radius 1 is 0.600 bits per heavy atom. The summed E-state index contributed by atoms with van der Waals surface area (Å²) in [6, 6.07) is 44.3. The minimum absolute atomic E-state index is 0.0834. The fraction of sp³-hybridized carbons (Fsp3) is 0.240. The maximum absolute atomic E-state index is 11.9. The van der Waals surface area contributed by atoms with Crippen molar-refractivity contribution in [3.63, 3.8) is 0 Å². The van der Waals surface area contributed by atoms with Crippen LogP contribution in [0.5, 0.6) is 0 Å². The largest absolute Gasteiger partial charge is 0.469 e. The smallest absolute Gasteiger partial charge is 0.305 e. The number of halogens is 6. The van der Waals surface area contributed by atoms with Gasteiger partial charge in [0.25, 0.3) is 0 Å². The van der Waals surface area contributed by atoms with E-state index in [9.17, 15) is 9.59 Å². The monoisotopic (exact) mass is 917 g/mol. The van der Waals surface area contributed by atoms with E-state index < -0.39 is 0 Å². The second kappa shape index (κ2) is 21.8. The minimum Gasteiger partial charge on any atom is -0.469 e. The summed E-state index contributed by atoms with van der Waals surface area (Å²) in [7, 11) is 3.43. The molecule has 4 atom stereocenters. The number of benzene rings is 6. The van der Waals surface area contributed by atoms with Crippen LogP contribution in [0.2, 0.25) is 30.1 Å². The predicted molar refractivity (Wildman–Crippen MR) is 250 cm³/mol. The van der Waals surface area contributed by atoms with Gasteiger partial charge in [0.05, 0.1) is 37.2 Å². The Hall–Kier alpha value is -3.84. The van der Waals surface area contributed by atoms with Gasteiger partial charge in [-0.05, 0) is 108 Å². The molecule has 4 nitrogen and oxygen atoms in total. The molecule has 0 saturated carbocycles. The van der Waals surface area contributed by atoms with Gasteiger partial charge in [-0.1, -0.05) is 167 Å². The lowest BCUT2D eigenvalue weighted by molar-refractivity contribution is -0.140. The molecule has 0 radical (unpaired) electrons. The summed E-state index contributed by atoms with van der Waals surface area (Å²) in [4.78, 5) is 23.4. The van der Waals surface area contributed by atoms with Crippen molar-refractivity contribution in [3.8, 4) is 0 Å². The van der Waals surface area contributed by atoms with Crippen molar-refractivity contribution in [1.82, 2.24) is 5.32 Å². The predicted octanol–water partition coefficient (Wildman–Crippen LogP) is 15.4. The summed E-state index contributed by atoms with van der Waals surface area (Å²) in [5.41, 5.74) is 9.28. The second-order valence-corrected chi connectivity index (χ2v) is 17.2. The van der Waals surface area contributed by atoms with Crippen LogP contribution in [0.4, 0.5) is 0 Å². The van der Waals surface area contributed by atoms with Crippen LogP contribution >= 0.6 is 69.6 Å². The van der Waals surface area contributed by atoms with E-state index >= 15 is 0 Å². The standard InChI is InChI=1S/C17H17Cl2N.C17H16Cl2O2.C16H12Cl2O/c1-20-17-9-7-12(13-4-2-3-5-14(13)17)11-6-8-15(18)16(19)10-11;1-21-17(20)10-8-14(12-5-3-2-4-6-12)13-7-9-15(18)16(19)11-13;17-14-7-5-10(9-15(14)18)11-6-8-16(19)13-4-2-1-3-12(11)13/h2-6,8,10,12,17,20H,7,9H2,1H3;2-7,9,11,14H,8,10H2,1H3;1-5,7,9,11H,6,8H2/t12-,17-;14-;11-/m010/s1. The van der Waals surface area contributed by atoms with Crippen molar-refractivity contribution in [2.45, 2.75) is 62.3 Å². The highest BCUT2D eigenvalue weighted by Crippen LogP contribution is 2.43. The molecule has 8 rings (SSSR count). The van der Waals surface area contributed by atoms with E-state index in [1.165, 1.54) is 23.8 Å². The number of hydrogen-bond acceptors (Lipinski definition) is 4. The first-order valence-electron chi connectivity index (χ1n) is 19.8. The van der Waals surface area contributed by atoms with Crippen LogP contribution < -0.4 is 5.32 Å². The van der Waals surface area contributed by atoms with Crippen LogP contribution in [0.3, 0.4) is 0 Å². The number of Topliss-reactive ketones (excluding diaryl/α,β-unsaturated/α-hetero) is 1. The number of rotatable bonds is 8. The first kappa shape index (κ1) is 45.7. The van der Waals surface area contributed by atoms with Crippen molar-refractivity contribution < 1.29 is 14.3 Å². The number of carbonyl (C=O) groups excluding carboxylic acids is 2. The van der Waals surface area contributed by atoms with Crippen LogP contribution in [0.15, 0.2) is 133 Å². The molecule has 2 aliphatic rings. The van der Waals surface area contributed by atoms with Crippen LogP contribution in [-0.4, -0.2) is 25.9 Å². The quantitative estimate of drug-likeness (QED) is 0.155.